The summed E-state index contributed by atoms with van der Waals surface area (Å²) in [5, 5.41) is 5.49. The van der Waals surface area contributed by atoms with E-state index in [0.29, 0.717) is 16.7 Å². The van der Waals surface area contributed by atoms with E-state index in [1.807, 2.05) is 0 Å². The number of halogens is 6. The van der Waals surface area contributed by atoms with Gasteiger partial charge in [-0.1, -0.05) is 34.4 Å². The highest BCUT2D eigenvalue weighted by molar-refractivity contribution is 8.00. The van der Waals surface area contributed by atoms with Crippen LogP contribution >= 0.6 is 35.0 Å². The van der Waals surface area contributed by atoms with Crippen molar-refractivity contribution in [3.63, 3.8) is 0 Å². The fourth-order valence-corrected chi connectivity index (χ4v) is 4.65. The molecule has 1 N–H and O–H groups in total. The molecule has 2 aromatic rings. The Kier molecular flexibility index (Phi) is 6.11. The summed E-state index contributed by atoms with van der Waals surface area (Å²) < 4.78 is 56.2. The second kappa shape index (κ2) is 8.43. The zero-order valence-corrected chi connectivity index (χ0v) is 18.9. The third kappa shape index (κ3) is 4.06. The molecule has 0 spiro atoms. The number of hydrogen-bond acceptors (Lipinski definition) is 4. The van der Waals surface area contributed by atoms with Gasteiger partial charge in [0, 0.05) is 35.1 Å². The number of hydrogen-bond donors (Lipinski definition) is 1. The molecule has 1 unspecified atom stereocenters. The van der Waals surface area contributed by atoms with Gasteiger partial charge in [-0.2, -0.15) is 24.9 Å². The van der Waals surface area contributed by atoms with Crippen molar-refractivity contribution in [2.75, 3.05) is 11.5 Å². The van der Waals surface area contributed by atoms with Crippen LogP contribution in [0.3, 0.4) is 0 Å². The second-order valence-corrected chi connectivity index (χ2v) is 9.51. The van der Waals surface area contributed by atoms with Crippen molar-refractivity contribution in [2.24, 2.45) is 5.16 Å². The summed E-state index contributed by atoms with van der Waals surface area (Å²) in [6, 6.07) is 6.47. The van der Waals surface area contributed by atoms with Gasteiger partial charge in [-0.25, -0.2) is 4.39 Å². The smallest absolute Gasteiger partial charge is 0.374 e. The number of thioether (sulfide) groups is 1. The number of amides is 1. The Balaban J connectivity index is 1.62. The SMILES string of the molecule is Cc1cc(C2=NOC(c3cc(Cl)c(F)c(Cl)c3)(C(F)(F)F)C2)ccc1C(=O)NC1CSC1. The number of carbonyl (C=O) groups excluding carboxylic acids is 1. The highest BCUT2D eigenvalue weighted by atomic mass is 35.5. The fraction of sp³-hybridized carbons (Fsp3) is 0.333. The van der Waals surface area contributed by atoms with Crippen LogP contribution in [0.2, 0.25) is 10.0 Å². The molecule has 1 saturated heterocycles. The Morgan fingerprint density at radius 1 is 1.22 bits per heavy atom. The van der Waals surface area contributed by atoms with Crippen LogP contribution < -0.4 is 5.32 Å². The summed E-state index contributed by atoms with van der Waals surface area (Å²) in [5.41, 5.74) is -1.88. The number of benzene rings is 2. The Labute approximate surface area is 195 Å². The quantitative estimate of drug-likeness (QED) is 0.416. The number of nitrogens with one attached hydrogen (secondary N) is 1. The van der Waals surface area contributed by atoms with Crippen molar-refractivity contribution < 1.29 is 27.2 Å². The maximum absolute atomic E-state index is 14.1. The zero-order valence-electron chi connectivity index (χ0n) is 16.5. The topological polar surface area (TPSA) is 50.7 Å². The van der Waals surface area contributed by atoms with Crippen LogP contribution in [0.25, 0.3) is 0 Å². The van der Waals surface area contributed by atoms with Crippen molar-refractivity contribution in [3.8, 4) is 0 Å². The molecule has 0 aromatic heterocycles. The van der Waals surface area contributed by atoms with Crippen LogP contribution in [-0.4, -0.2) is 35.3 Å². The van der Waals surface area contributed by atoms with Gasteiger partial charge in [-0.3, -0.25) is 4.79 Å². The van der Waals surface area contributed by atoms with E-state index in [0.717, 1.165) is 23.6 Å². The minimum atomic E-state index is -4.89. The van der Waals surface area contributed by atoms with Gasteiger partial charge in [-0.15, -0.1) is 0 Å². The molecule has 2 aliphatic heterocycles. The minimum Gasteiger partial charge on any atom is -0.374 e. The lowest BCUT2D eigenvalue weighted by Gasteiger charge is -2.29. The predicted octanol–water partition coefficient (Wildman–Crippen LogP) is 5.87. The summed E-state index contributed by atoms with van der Waals surface area (Å²) >= 11 is 13.2. The predicted molar refractivity (Wildman–Crippen MR) is 116 cm³/mol. The van der Waals surface area contributed by atoms with Crippen molar-refractivity contribution >= 4 is 46.6 Å². The van der Waals surface area contributed by atoms with Gasteiger partial charge < -0.3 is 10.2 Å². The van der Waals surface area contributed by atoms with Crippen molar-refractivity contribution in [1.82, 2.24) is 5.32 Å². The molecule has 0 saturated carbocycles. The highest BCUT2D eigenvalue weighted by Gasteiger charge is 2.62. The van der Waals surface area contributed by atoms with Crippen molar-refractivity contribution in [1.29, 1.82) is 0 Å². The Bertz CT molecular complexity index is 1100. The standard InChI is InChI=1S/C21H16Cl2F4N2O2S/c1-10-4-11(2-3-14(10)19(30)28-13-8-32-9-13)17-7-20(31-29-17,21(25,26)27)12-5-15(22)18(24)16(23)6-12/h2-6,13H,7-9H2,1H3,(H,28,30). The number of nitrogens with zero attached hydrogens (tertiary/aromatic N) is 1. The first-order chi connectivity index (χ1) is 15.0. The van der Waals surface area contributed by atoms with Gasteiger partial charge in [0.2, 0.25) is 0 Å². The monoisotopic (exact) mass is 506 g/mol. The molecule has 32 heavy (non-hydrogen) atoms. The van der Waals surface area contributed by atoms with E-state index < -0.39 is 39.6 Å². The zero-order chi connectivity index (χ0) is 23.3. The third-order valence-corrected chi connectivity index (χ3v) is 7.24. The number of aryl methyl sites for hydroxylation is 1. The molecule has 0 bridgehead atoms. The van der Waals surface area contributed by atoms with E-state index in [9.17, 15) is 22.4 Å². The van der Waals surface area contributed by atoms with E-state index in [2.05, 4.69) is 10.5 Å². The van der Waals surface area contributed by atoms with Gasteiger partial charge in [0.05, 0.1) is 15.8 Å². The largest absolute Gasteiger partial charge is 0.435 e. The van der Waals surface area contributed by atoms with E-state index in [4.69, 9.17) is 28.0 Å². The Morgan fingerprint density at radius 2 is 1.88 bits per heavy atom. The number of carbonyl (C=O) groups is 1. The number of alkyl halides is 3. The number of rotatable bonds is 4. The van der Waals surface area contributed by atoms with Gasteiger partial charge >= 0.3 is 6.18 Å². The Morgan fingerprint density at radius 3 is 2.41 bits per heavy atom. The first-order valence-corrected chi connectivity index (χ1v) is 11.4. The van der Waals surface area contributed by atoms with E-state index in [-0.39, 0.29) is 17.7 Å². The van der Waals surface area contributed by atoms with Crippen LogP contribution in [0, 0.1) is 12.7 Å². The van der Waals surface area contributed by atoms with Crippen LogP contribution in [0.1, 0.15) is 33.5 Å². The van der Waals surface area contributed by atoms with Gasteiger partial charge in [0.15, 0.2) is 5.82 Å². The molecular weight excluding hydrogens is 491 g/mol. The lowest BCUT2D eigenvalue weighted by Crippen LogP contribution is -2.44. The summed E-state index contributed by atoms with van der Waals surface area (Å²) in [7, 11) is 0. The Hall–Kier alpha value is -1.97. The average Bonchev–Trinajstić information content (AvgIpc) is 3.15. The van der Waals surface area contributed by atoms with Gasteiger partial charge in [0.1, 0.15) is 0 Å². The molecule has 2 aromatic carbocycles. The normalized spacial score (nSPS) is 21.0. The molecule has 4 rings (SSSR count). The maximum atomic E-state index is 14.1. The van der Waals surface area contributed by atoms with Crippen molar-refractivity contribution in [2.45, 2.75) is 31.2 Å². The molecule has 11 heteroatoms. The summed E-state index contributed by atoms with van der Waals surface area (Å²) in [6.45, 7) is 1.70. The minimum absolute atomic E-state index is 0.0318. The molecule has 1 fully saturated rings. The molecule has 170 valence electrons. The van der Waals surface area contributed by atoms with Crippen LogP contribution in [0.5, 0.6) is 0 Å². The van der Waals surface area contributed by atoms with E-state index in [1.165, 1.54) is 6.07 Å². The first kappa shape index (κ1) is 23.2. The second-order valence-electron chi connectivity index (χ2n) is 7.62. The van der Waals surface area contributed by atoms with Gasteiger partial charge in [0.25, 0.3) is 11.5 Å². The molecule has 2 aliphatic rings. The molecule has 0 radical (unpaired) electrons. The molecule has 0 aliphatic carbocycles. The average molecular weight is 507 g/mol. The molecule has 1 amide bonds. The fourth-order valence-electron chi connectivity index (χ4n) is 3.53. The molecule has 2 heterocycles. The first-order valence-electron chi connectivity index (χ1n) is 9.48. The van der Waals surface area contributed by atoms with Crippen LogP contribution in [0.15, 0.2) is 35.5 Å². The van der Waals surface area contributed by atoms with E-state index >= 15 is 0 Å². The third-order valence-electron chi connectivity index (χ3n) is 5.41. The van der Waals surface area contributed by atoms with Crippen LogP contribution in [-0.2, 0) is 10.4 Å². The maximum Gasteiger partial charge on any atom is 0.435 e. The summed E-state index contributed by atoms with van der Waals surface area (Å²) in [5.74, 6) is 0.463. The molecule has 1 atom stereocenters. The summed E-state index contributed by atoms with van der Waals surface area (Å²) in [6.07, 6.45) is -5.56. The lowest BCUT2D eigenvalue weighted by molar-refractivity contribution is -0.275. The lowest BCUT2D eigenvalue weighted by atomic mass is 9.86. The van der Waals surface area contributed by atoms with Gasteiger partial charge in [-0.05, 0) is 42.3 Å². The van der Waals surface area contributed by atoms with E-state index in [1.54, 1.807) is 30.8 Å². The molecule has 4 nitrogen and oxygen atoms in total. The summed E-state index contributed by atoms with van der Waals surface area (Å²) in [4.78, 5) is 17.4. The number of oxime groups is 1. The van der Waals surface area contributed by atoms with Crippen molar-refractivity contribution in [3.05, 3.63) is 68.4 Å². The molecular formula is C21H16Cl2F4N2O2S. The highest BCUT2D eigenvalue weighted by Crippen LogP contribution is 2.50. The van der Waals surface area contributed by atoms with Crippen LogP contribution in [0.4, 0.5) is 17.6 Å².